The van der Waals surface area contributed by atoms with Crippen LogP contribution in [0, 0.1) is 17.8 Å². The maximum Gasteiger partial charge on any atom is 0.421 e. The lowest BCUT2D eigenvalue weighted by molar-refractivity contribution is -0.177. The van der Waals surface area contributed by atoms with E-state index in [1.807, 2.05) is 89.8 Å². The van der Waals surface area contributed by atoms with E-state index in [1.165, 1.54) is 30.6 Å². The molecule has 326 valence electrons. The smallest absolute Gasteiger partial charge is 0.421 e. The van der Waals surface area contributed by atoms with E-state index >= 15 is 14.4 Å². The van der Waals surface area contributed by atoms with Crippen molar-refractivity contribution in [3.63, 3.8) is 0 Å². The van der Waals surface area contributed by atoms with Crippen LogP contribution in [0.3, 0.4) is 0 Å². The third kappa shape index (κ3) is 7.33. The number of nitrogens with zero attached hydrogens (tertiary/aromatic N) is 3. The van der Waals surface area contributed by atoms with E-state index in [0.29, 0.717) is 27.8 Å². The van der Waals surface area contributed by atoms with Crippen LogP contribution in [0.2, 0.25) is 0 Å². The average molecular weight is 885 g/mol. The van der Waals surface area contributed by atoms with Gasteiger partial charge < -0.3 is 24.6 Å². The molecule has 12 nitrogen and oxygen atoms in total. The number of para-hydroxylation sites is 1. The maximum absolute atomic E-state index is 16.3. The van der Waals surface area contributed by atoms with E-state index in [0.717, 1.165) is 46.4 Å². The number of benzene rings is 5. The summed E-state index contributed by atoms with van der Waals surface area (Å²) >= 11 is 1.26. The molecule has 13 heteroatoms. The number of esters is 1. The second-order valence-electron chi connectivity index (χ2n) is 16.5. The summed E-state index contributed by atoms with van der Waals surface area (Å²) in [7, 11) is 1.47. The Morgan fingerprint density at radius 1 is 0.862 bits per heavy atom. The zero-order chi connectivity index (χ0) is 44.7. The number of morpholine rings is 1. The van der Waals surface area contributed by atoms with Crippen molar-refractivity contribution in [3.8, 4) is 17.6 Å². The van der Waals surface area contributed by atoms with Crippen LogP contribution in [0.1, 0.15) is 71.7 Å². The Bertz CT molecular complexity index is 2880. The van der Waals surface area contributed by atoms with Gasteiger partial charge in [0.1, 0.15) is 29.9 Å². The highest BCUT2D eigenvalue weighted by Gasteiger charge is 2.76. The number of phenols is 1. The summed E-state index contributed by atoms with van der Waals surface area (Å²) in [5, 5.41) is 14.0. The van der Waals surface area contributed by atoms with E-state index in [4.69, 9.17) is 19.2 Å². The summed E-state index contributed by atoms with van der Waals surface area (Å²) in [6.45, 7) is -0.0836. The largest absolute Gasteiger partial charge is 0.508 e. The monoisotopic (exact) mass is 884 g/mol. The van der Waals surface area contributed by atoms with E-state index in [2.05, 4.69) is 23.2 Å². The number of ether oxygens (including phenoxy) is 3. The molecule has 0 radical (unpaired) electrons. The van der Waals surface area contributed by atoms with Gasteiger partial charge in [0.05, 0.1) is 40.5 Å². The van der Waals surface area contributed by atoms with E-state index in [1.54, 1.807) is 30.3 Å². The summed E-state index contributed by atoms with van der Waals surface area (Å²) in [6, 6.07) is 34.6. The Morgan fingerprint density at radius 2 is 1.60 bits per heavy atom. The van der Waals surface area contributed by atoms with Gasteiger partial charge in [-0.3, -0.25) is 19.3 Å². The molecule has 6 atom stereocenters. The van der Waals surface area contributed by atoms with Gasteiger partial charge in [-0.25, -0.2) is 14.7 Å². The van der Waals surface area contributed by atoms with Gasteiger partial charge in [-0.1, -0.05) is 114 Å². The predicted octanol–water partition coefficient (Wildman–Crippen LogP) is 8.94. The number of carbonyl (C=O) groups is 4. The minimum Gasteiger partial charge on any atom is -0.508 e. The molecular formula is C52H44N4O8S. The summed E-state index contributed by atoms with van der Waals surface area (Å²) < 4.78 is 18.3. The van der Waals surface area contributed by atoms with Crippen LogP contribution in [-0.4, -0.2) is 65.2 Å². The predicted molar refractivity (Wildman–Crippen MR) is 245 cm³/mol. The second-order valence-corrected chi connectivity index (χ2v) is 17.6. The molecule has 10 rings (SSSR count). The number of cyclic esters (lactones) is 1. The molecule has 1 spiro atoms. The number of allylic oxidation sites excluding steroid dienone is 2. The minimum absolute atomic E-state index is 0.0293. The molecule has 6 aromatic rings. The third-order valence-corrected chi connectivity index (χ3v) is 13.8. The van der Waals surface area contributed by atoms with Gasteiger partial charge in [0, 0.05) is 12.7 Å². The van der Waals surface area contributed by atoms with E-state index < -0.39 is 59.4 Å². The number of anilines is 2. The number of phenolic OH excluding ortho intramolecular Hbond substituents is 1. The molecule has 1 aromatic heterocycles. The lowest BCUT2D eigenvalue weighted by Crippen LogP contribution is -2.54. The summed E-state index contributed by atoms with van der Waals surface area (Å²) in [5.74, 6) is 2.89. The Labute approximate surface area is 379 Å². The standard InChI is InChI=1S/C52H44N4O8S/c1-62-29-30-63-51(61)55-40-28-23-33(22-21-32-13-5-2-6-14-32)31-38(40)52(49(55)60)42(47(58)54-50-53-39-19-11-12-20-41(39)65-50)44-48(59)64-45(35-17-9-4-10-18-35)43(34-15-7-3-8-16-34)56(44)46(52)36-24-26-37(57)27-25-36/h3-4,7-13,15-20,23-28,31,42-46,57H,2,5-6,14,29-30H2,1H3,(H,53,54,58). The normalized spacial score (nSPS) is 23.6. The van der Waals surface area contributed by atoms with Crippen molar-refractivity contribution in [3.05, 3.63) is 167 Å². The van der Waals surface area contributed by atoms with Crippen LogP contribution in [0.25, 0.3) is 10.2 Å². The first-order valence-electron chi connectivity index (χ1n) is 21.7. The highest BCUT2D eigenvalue weighted by Crippen LogP contribution is 2.66. The van der Waals surface area contributed by atoms with Gasteiger partial charge in [-0.05, 0) is 96.0 Å². The number of thiazole rings is 1. The van der Waals surface area contributed by atoms with Crippen molar-refractivity contribution in [1.82, 2.24) is 9.88 Å². The molecule has 3 amide bonds. The molecule has 4 aliphatic rings. The van der Waals surface area contributed by atoms with E-state index in [-0.39, 0.29) is 29.8 Å². The van der Waals surface area contributed by atoms with Crippen molar-refractivity contribution in [1.29, 1.82) is 0 Å². The number of carbonyl (C=O) groups excluding carboxylic acids is 4. The highest BCUT2D eigenvalue weighted by atomic mass is 32.1. The lowest BCUT2D eigenvalue weighted by atomic mass is 9.65. The first-order valence-corrected chi connectivity index (χ1v) is 22.5. The molecule has 65 heavy (non-hydrogen) atoms. The molecule has 0 saturated carbocycles. The number of hydrogen-bond acceptors (Lipinski definition) is 11. The summed E-state index contributed by atoms with van der Waals surface area (Å²) in [4.78, 5) is 69.5. The third-order valence-electron chi connectivity index (χ3n) is 12.8. The van der Waals surface area contributed by atoms with Crippen molar-refractivity contribution >= 4 is 56.2 Å². The van der Waals surface area contributed by atoms with Crippen LogP contribution in [0.15, 0.2) is 139 Å². The molecule has 2 fully saturated rings. The minimum atomic E-state index is -2.03. The van der Waals surface area contributed by atoms with Gasteiger partial charge in [0.25, 0.3) is 0 Å². The van der Waals surface area contributed by atoms with Crippen LogP contribution in [0.4, 0.5) is 15.6 Å². The van der Waals surface area contributed by atoms with E-state index in [9.17, 15) is 9.90 Å². The van der Waals surface area contributed by atoms with Gasteiger partial charge in [0.15, 0.2) is 5.13 Å². The molecule has 4 heterocycles. The van der Waals surface area contributed by atoms with Crippen molar-refractivity contribution in [2.75, 3.05) is 30.5 Å². The van der Waals surface area contributed by atoms with Gasteiger partial charge >= 0.3 is 12.1 Å². The lowest BCUT2D eigenvalue weighted by Gasteiger charge is -2.46. The zero-order valence-electron chi connectivity index (χ0n) is 35.4. The molecule has 5 aromatic carbocycles. The Morgan fingerprint density at radius 3 is 2.32 bits per heavy atom. The average Bonchev–Trinajstić information content (AvgIpc) is 3.97. The molecule has 2 saturated heterocycles. The molecular weight excluding hydrogens is 841 g/mol. The number of methoxy groups -OCH3 is 1. The molecule has 3 aliphatic heterocycles. The SMILES string of the molecule is COCCOC(=O)N1C(=O)C2(c3cc(C#CC4=CCCCC4)ccc31)C(C(=O)Nc1nc3ccccc3s1)C1C(=O)OC(c3ccccc3)C(c3ccccc3)N1C2c1ccc(O)cc1. The van der Waals surface area contributed by atoms with Crippen LogP contribution in [-0.2, 0) is 34.0 Å². The van der Waals surface area contributed by atoms with Crippen LogP contribution in [0.5, 0.6) is 5.75 Å². The van der Waals surface area contributed by atoms with Crippen LogP contribution >= 0.6 is 11.3 Å². The Kier molecular flexibility index (Phi) is 11.2. The molecule has 6 unspecified atom stereocenters. The van der Waals surface area contributed by atoms with Crippen molar-refractivity contribution < 1.29 is 38.5 Å². The first-order chi connectivity index (χ1) is 31.8. The number of amides is 3. The first kappa shape index (κ1) is 41.9. The maximum atomic E-state index is 16.3. The fourth-order valence-corrected chi connectivity index (χ4v) is 11.0. The second kappa shape index (κ2) is 17.5. The molecule has 2 N–H and O–H groups in total. The van der Waals surface area contributed by atoms with Gasteiger partial charge in [-0.15, -0.1) is 0 Å². The summed E-state index contributed by atoms with van der Waals surface area (Å²) in [5.41, 5.74) is 2.64. The van der Waals surface area contributed by atoms with Gasteiger partial charge in [-0.2, -0.15) is 0 Å². The number of aromatic nitrogens is 1. The number of aromatic hydroxyl groups is 1. The summed E-state index contributed by atoms with van der Waals surface area (Å²) in [6.07, 6.45) is 4.18. The highest BCUT2D eigenvalue weighted by molar-refractivity contribution is 7.22. The number of nitrogens with one attached hydrogen (secondary N) is 1. The number of hydrogen-bond donors (Lipinski definition) is 2. The van der Waals surface area contributed by atoms with Crippen molar-refractivity contribution in [2.45, 2.75) is 55.3 Å². The Balaban J connectivity index is 1.26. The van der Waals surface area contributed by atoms with Crippen LogP contribution < -0.4 is 10.2 Å². The quantitative estimate of drug-likeness (QED) is 0.0863. The fraction of sp³-hybridized carbons (Fsp3) is 0.250. The topological polar surface area (TPSA) is 148 Å². The number of imide groups is 1. The molecule has 0 bridgehead atoms. The number of rotatable bonds is 8. The van der Waals surface area contributed by atoms with Crippen molar-refractivity contribution in [2.24, 2.45) is 5.92 Å². The Hall–Kier alpha value is -7.11. The zero-order valence-corrected chi connectivity index (χ0v) is 36.2. The van der Waals surface area contributed by atoms with Gasteiger partial charge in [0.2, 0.25) is 11.8 Å². The number of fused-ring (bicyclic) bond motifs is 4. The fourth-order valence-electron chi connectivity index (χ4n) is 10.1. The molecule has 1 aliphatic carbocycles.